The maximum Gasteiger partial charge on any atom is 0.327 e. The van der Waals surface area contributed by atoms with Gasteiger partial charge in [-0.15, -0.1) is 0 Å². The summed E-state index contributed by atoms with van der Waals surface area (Å²) in [6, 6.07) is 3.48. The molecular weight excluding hydrogens is 281 g/mol. The first-order valence-electron chi connectivity index (χ1n) is 4.98. The largest absolute Gasteiger partial charge is 0.480 e. The molecule has 0 heterocycles. The molecule has 1 atom stereocenters. The summed E-state index contributed by atoms with van der Waals surface area (Å²) in [6.07, 6.45) is 0.349. The van der Waals surface area contributed by atoms with Crippen LogP contribution in [0.4, 0.5) is 4.39 Å². The van der Waals surface area contributed by atoms with Crippen molar-refractivity contribution in [3.05, 3.63) is 34.6 Å². The third-order valence-electron chi connectivity index (χ3n) is 2.10. The molecule has 0 bridgehead atoms. The quantitative estimate of drug-likeness (QED) is 0.753. The second kappa shape index (κ2) is 7.23. The van der Waals surface area contributed by atoms with E-state index in [9.17, 15) is 14.0 Å². The predicted octanol–water partition coefficient (Wildman–Crippen LogP) is 1.91. The molecule has 98 valence electrons. The highest BCUT2D eigenvalue weighted by atomic mass is 35.5. The first-order chi connectivity index (χ1) is 8.54. The lowest BCUT2D eigenvalue weighted by Crippen LogP contribution is -2.37. The molecule has 0 aromatic heterocycles. The molecule has 0 saturated carbocycles. The molecule has 0 radical (unpaired) electrons. The van der Waals surface area contributed by atoms with Gasteiger partial charge in [0.15, 0.2) is 0 Å². The van der Waals surface area contributed by atoms with Crippen LogP contribution in [0.2, 0.25) is 5.02 Å². The maximum atomic E-state index is 13.1. The van der Waals surface area contributed by atoms with Gasteiger partial charge in [0.05, 0.1) is 5.02 Å². The molecule has 2 N–H and O–H groups in total. The molecule has 7 heteroatoms. The lowest BCUT2D eigenvalue weighted by molar-refractivity contribution is -0.139. The van der Waals surface area contributed by atoms with Crippen LogP contribution in [0.5, 0.6) is 0 Å². The smallest absolute Gasteiger partial charge is 0.327 e. The number of benzene rings is 1. The third kappa shape index (κ3) is 4.54. The van der Waals surface area contributed by atoms with Crippen LogP contribution in [0.15, 0.2) is 18.2 Å². The Morgan fingerprint density at radius 1 is 1.61 bits per heavy atom. The highest BCUT2D eigenvalue weighted by Crippen LogP contribution is 2.19. The van der Waals surface area contributed by atoms with E-state index in [0.717, 1.165) is 0 Å². The zero-order chi connectivity index (χ0) is 13.5. The normalized spacial score (nSPS) is 11.9. The molecule has 0 fully saturated rings. The first kappa shape index (κ1) is 14.8. The molecule has 1 amide bonds. The molecule has 0 aliphatic rings. The van der Waals surface area contributed by atoms with E-state index in [1.54, 1.807) is 6.07 Å². The van der Waals surface area contributed by atoms with Gasteiger partial charge in [-0.3, -0.25) is 4.79 Å². The van der Waals surface area contributed by atoms with Crippen molar-refractivity contribution in [3.8, 4) is 0 Å². The van der Waals surface area contributed by atoms with Crippen LogP contribution in [-0.2, 0) is 15.3 Å². The van der Waals surface area contributed by atoms with Gasteiger partial charge in [-0.1, -0.05) is 17.7 Å². The SMILES string of the molecule is O=CNC(CSCc1ccc(Cl)c(F)c1)C(=O)O. The van der Waals surface area contributed by atoms with Crippen molar-refractivity contribution < 1.29 is 19.1 Å². The van der Waals surface area contributed by atoms with Gasteiger partial charge in [-0.25, -0.2) is 9.18 Å². The number of halogens is 2. The van der Waals surface area contributed by atoms with Gasteiger partial charge in [0, 0.05) is 11.5 Å². The molecule has 0 spiro atoms. The van der Waals surface area contributed by atoms with Crippen molar-refractivity contribution in [2.24, 2.45) is 0 Å². The van der Waals surface area contributed by atoms with Crippen LogP contribution in [-0.4, -0.2) is 29.3 Å². The number of carbonyl (C=O) groups excluding carboxylic acids is 1. The van der Waals surface area contributed by atoms with Crippen molar-refractivity contribution >= 4 is 35.7 Å². The molecule has 1 rings (SSSR count). The summed E-state index contributed by atoms with van der Waals surface area (Å²) in [4.78, 5) is 20.9. The highest BCUT2D eigenvalue weighted by molar-refractivity contribution is 7.98. The second-order valence-corrected chi connectivity index (χ2v) is 4.88. The molecular formula is C11H11ClFNO3S. The average molecular weight is 292 g/mol. The summed E-state index contributed by atoms with van der Waals surface area (Å²) in [5.74, 6) is -0.955. The number of hydrogen-bond acceptors (Lipinski definition) is 3. The van der Waals surface area contributed by atoms with E-state index in [2.05, 4.69) is 5.32 Å². The number of rotatable bonds is 7. The summed E-state index contributed by atoms with van der Waals surface area (Å²) in [5.41, 5.74) is 0.706. The van der Waals surface area contributed by atoms with Crippen molar-refractivity contribution in [1.29, 1.82) is 0 Å². The molecule has 1 unspecified atom stereocenters. The fraction of sp³-hybridized carbons (Fsp3) is 0.273. The van der Waals surface area contributed by atoms with Crippen LogP contribution in [0.25, 0.3) is 0 Å². The van der Waals surface area contributed by atoms with Gasteiger partial charge in [0.1, 0.15) is 11.9 Å². The average Bonchev–Trinajstić information content (AvgIpc) is 2.32. The number of aliphatic carboxylic acids is 1. The molecule has 0 saturated heterocycles. The number of thioether (sulfide) groups is 1. The van der Waals surface area contributed by atoms with E-state index in [4.69, 9.17) is 16.7 Å². The molecule has 1 aromatic carbocycles. The standard InChI is InChI=1S/C11H11ClFNO3S/c12-8-2-1-7(3-9(8)13)4-18-5-10(11(16)17)14-6-15/h1-3,6,10H,4-5H2,(H,14,15)(H,16,17). The Bertz CT molecular complexity index is 444. The van der Waals surface area contributed by atoms with E-state index in [1.165, 1.54) is 23.9 Å². The van der Waals surface area contributed by atoms with Crippen LogP contribution in [0.3, 0.4) is 0 Å². The Kier molecular flexibility index (Phi) is 5.94. The first-order valence-corrected chi connectivity index (χ1v) is 6.52. The lowest BCUT2D eigenvalue weighted by Gasteiger charge is -2.10. The summed E-state index contributed by atoms with van der Waals surface area (Å²) in [6.45, 7) is 0. The number of amides is 1. The Balaban J connectivity index is 2.47. The van der Waals surface area contributed by atoms with E-state index in [0.29, 0.717) is 17.7 Å². The Morgan fingerprint density at radius 3 is 2.89 bits per heavy atom. The summed E-state index contributed by atoms with van der Waals surface area (Å²) >= 11 is 6.82. The number of carboxylic acids is 1. The van der Waals surface area contributed by atoms with Gasteiger partial charge in [-0.2, -0.15) is 11.8 Å². The Labute approximate surface area is 113 Å². The monoisotopic (exact) mass is 291 g/mol. The maximum absolute atomic E-state index is 13.1. The van der Waals surface area contributed by atoms with Crippen molar-refractivity contribution in [2.75, 3.05) is 5.75 Å². The van der Waals surface area contributed by atoms with Gasteiger partial charge < -0.3 is 10.4 Å². The van der Waals surface area contributed by atoms with Gasteiger partial charge in [-0.05, 0) is 17.7 Å². The van der Waals surface area contributed by atoms with Gasteiger partial charge in [0.25, 0.3) is 0 Å². The van der Waals surface area contributed by atoms with E-state index >= 15 is 0 Å². The summed E-state index contributed by atoms with van der Waals surface area (Å²) in [5, 5.41) is 11.0. The summed E-state index contributed by atoms with van der Waals surface area (Å²) in [7, 11) is 0. The van der Waals surface area contributed by atoms with Crippen molar-refractivity contribution in [2.45, 2.75) is 11.8 Å². The van der Waals surface area contributed by atoms with Crippen LogP contribution >= 0.6 is 23.4 Å². The van der Waals surface area contributed by atoms with Crippen LogP contribution in [0, 0.1) is 5.82 Å². The zero-order valence-corrected chi connectivity index (χ0v) is 10.8. The Hall–Kier alpha value is -1.27. The molecule has 18 heavy (non-hydrogen) atoms. The molecule has 0 aliphatic carbocycles. The molecule has 4 nitrogen and oxygen atoms in total. The van der Waals surface area contributed by atoms with E-state index in [1.807, 2.05) is 0 Å². The predicted molar refractivity (Wildman–Crippen MR) is 68.2 cm³/mol. The number of carboxylic acid groups (broad SMARTS) is 1. The van der Waals surface area contributed by atoms with Gasteiger partial charge >= 0.3 is 5.97 Å². The second-order valence-electron chi connectivity index (χ2n) is 3.44. The zero-order valence-electron chi connectivity index (χ0n) is 9.23. The number of hydrogen-bond donors (Lipinski definition) is 2. The van der Waals surface area contributed by atoms with Crippen molar-refractivity contribution in [3.63, 3.8) is 0 Å². The minimum absolute atomic E-state index is 0.0507. The fourth-order valence-electron chi connectivity index (χ4n) is 1.20. The third-order valence-corrected chi connectivity index (χ3v) is 3.52. The highest BCUT2D eigenvalue weighted by Gasteiger charge is 2.15. The lowest BCUT2D eigenvalue weighted by atomic mass is 10.2. The topological polar surface area (TPSA) is 66.4 Å². The fourth-order valence-corrected chi connectivity index (χ4v) is 2.32. The summed E-state index contributed by atoms with van der Waals surface area (Å²) < 4.78 is 13.1. The molecule has 1 aromatic rings. The number of nitrogens with one attached hydrogen (secondary N) is 1. The number of carbonyl (C=O) groups is 2. The molecule has 0 aliphatic heterocycles. The van der Waals surface area contributed by atoms with E-state index in [-0.39, 0.29) is 10.8 Å². The van der Waals surface area contributed by atoms with E-state index < -0.39 is 17.8 Å². The van der Waals surface area contributed by atoms with Crippen LogP contribution < -0.4 is 5.32 Å². The van der Waals surface area contributed by atoms with Gasteiger partial charge in [0.2, 0.25) is 6.41 Å². The van der Waals surface area contributed by atoms with Crippen LogP contribution in [0.1, 0.15) is 5.56 Å². The minimum atomic E-state index is -1.10. The Morgan fingerprint density at radius 2 is 2.33 bits per heavy atom. The van der Waals surface area contributed by atoms with Crippen molar-refractivity contribution in [1.82, 2.24) is 5.32 Å². The minimum Gasteiger partial charge on any atom is -0.480 e.